The average molecular weight is 190 g/mol. The molecule has 1 saturated heterocycles. The van der Waals surface area contributed by atoms with Crippen molar-refractivity contribution in [3.8, 4) is 0 Å². The molecule has 2 atom stereocenters. The maximum Gasteiger partial charge on any atom is 0.319 e. The molecule has 0 amide bonds. The number of rotatable bonds is 2. The Kier molecular flexibility index (Phi) is 3.88. The van der Waals surface area contributed by atoms with Gasteiger partial charge in [0, 0.05) is 5.75 Å². The van der Waals surface area contributed by atoms with Crippen LogP contribution in [0, 0.1) is 0 Å². The molecule has 1 heterocycles. The van der Waals surface area contributed by atoms with Crippen LogP contribution in [0.1, 0.15) is 19.8 Å². The third-order valence-electron chi connectivity index (χ3n) is 1.80. The molecule has 70 valence electrons. The number of hydrogen-bond donors (Lipinski definition) is 1. The molecule has 1 rings (SSSR count). The van der Waals surface area contributed by atoms with E-state index in [1.165, 1.54) is 11.8 Å². The first-order valence-electron chi connectivity index (χ1n) is 4.20. The summed E-state index contributed by atoms with van der Waals surface area (Å²) in [5.41, 5.74) is 0. The maximum absolute atomic E-state index is 11.2. The summed E-state index contributed by atoms with van der Waals surface area (Å²) in [5, 5.41) is 9.12. The van der Waals surface area contributed by atoms with Gasteiger partial charge >= 0.3 is 5.97 Å². The molecule has 0 radical (unpaired) electrons. The Balaban J connectivity index is 2.29. The van der Waals surface area contributed by atoms with E-state index < -0.39 is 0 Å². The summed E-state index contributed by atoms with van der Waals surface area (Å²) in [6.07, 6.45) is 1.22. The van der Waals surface area contributed by atoms with E-state index in [2.05, 4.69) is 0 Å². The van der Waals surface area contributed by atoms with E-state index in [0.717, 1.165) is 12.8 Å². The Labute approximate surface area is 76.5 Å². The van der Waals surface area contributed by atoms with Crippen molar-refractivity contribution in [2.45, 2.75) is 31.1 Å². The molecular formula is C8H14O3S. The Hall–Kier alpha value is -0.220. The molecule has 1 fully saturated rings. The van der Waals surface area contributed by atoms with Crippen molar-refractivity contribution in [3.05, 3.63) is 0 Å². The third kappa shape index (κ3) is 2.68. The number of ether oxygens (including phenoxy) is 1. The van der Waals surface area contributed by atoms with Gasteiger partial charge in [0.25, 0.3) is 0 Å². The highest BCUT2D eigenvalue weighted by Gasteiger charge is 2.26. The minimum absolute atomic E-state index is 0.0478. The van der Waals surface area contributed by atoms with Gasteiger partial charge in [-0.3, -0.25) is 4.79 Å². The summed E-state index contributed by atoms with van der Waals surface area (Å²) in [5.74, 6) is 0.526. The Morgan fingerprint density at radius 2 is 2.42 bits per heavy atom. The second kappa shape index (κ2) is 4.72. The number of esters is 1. The first kappa shape index (κ1) is 9.86. The molecule has 0 aliphatic carbocycles. The van der Waals surface area contributed by atoms with Crippen LogP contribution in [-0.4, -0.2) is 34.8 Å². The van der Waals surface area contributed by atoms with Gasteiger partial charge in [-0.1, -0.05) is 0 Å². The van der Waals surface area contributed by atoms with E-state index in [0.29, 0.717) is 12.4 Å². The predicted molar refractivity (Wildman–Crippen MR) is 48.1 cm³/mol. The van der Waals surface area contributed by atoms with Crippen LogP contribution < -0.4 is 0 Å². The van der Waals surface area contributed by atoms with Gasteiger partial charge in [-0.15, -0.1) is 11.8 Å². The number of carbonyl (C=O) groups is 1. The fourth-order valence-electron chi connectivity index (χ4n) is 1.16. The standard InChI is InChI=1S/C8H14O3S/c1-2-11-8(10)7-4-3-6(9)5-12-7/h6-7,9H,2-5H2,1H3/t6-,7+/m0/s1. The number of thioether (sulfide) groups is 1. The van der Waals surface area contributed by atoms with E-state index >= 15 is 0 Å². The summed E-state index contributed by atoms with van der Waals surface area (Å²) >= 11 is 1.49. The Morgan fingerprint density at radius 1 is 1.67 bits per heavy atom. The second-order valence-corrected chi connectivity index (χ2v) is 4.04. The molecular weight excluding hydrogens is 176 g/mol. The van der Waals surface area contributed by atoms with E-state index in [4.69, 9.17) is 9.84 Å². The molecule has 1 aliphatic heterocycles. The number of hydrogen-bond acceptors (Lipinski definition) is 4. The topological polar surface area (TPSA) is 46.5 Å². The van der Waals surface area contributed by atoms with Crippen molar-refractivity contribution >= 4 is 17.7 Å². The lowest BCUT2D eigenvalue weighted by Crippen LogP contribution is -2.28. The van der Waals surface area contributed by atoms with Crippen LogP contribution >= 0.6 is 11.8 Å². The van der Waals surface area contributed by atoms with E-state index in [1.807, 2.05) is 0 Å². The second-order valence-electron chi connectivity index (χ2n) is 2.81. The quantitative estimate of drug-likeness (QED) is 0.654. The highest BCUT2D eigenvalue weighted by atomic mass is 32.2. The lowest BCUT2D eigenvalue weighted by molar-refractivity contribution is -0.142. The average Bonchev–Trinajstić information content (AvgIpc) is 2.06. The largest absolute Gasteiger partial charge is 0.465 e. The van der Waals surface area contributed by atoms with Gasteiger partial charge in [0.05, 0.1) is 12.7 Å². The minimum Gasteiger partial charge on any atom is -0.465 e. The fraction of sp³-hybridized carbons (Fsp3) is 0.875. The van der Waals surface area contributed by atoms with Crippen molar-refractivity contribution < 1.29 is 14.6 Å². The molecule has 0 aromatic rings. The summed E-state index contributed by atoms with van der Waals surface area (Å²) < 4.78 is 4.88. The summed E-state index contributed by atoms with van der Waals surface area (Å²) in [7, 11) is 0. The van der Waals surface area contributed by atoms with Gasteiger partial charge in [0.2, 0.25) is 0 Å². The van der Waals surface area contributed by atoms with Crippen LogP contribution in [-0.2, 0) is 9.53 Å². The first-order valence-corrected chi connectivity index (χ1v) is 5.25. The zero-order chi connectivity index (χ0) is 8.97. The van der Waals surface area contributed by atoms with Gasteiger partial charge in [-0.2, -0.15) is 0 Å². The zero-order valence-electron chi connectivity index (χ0n) is 7.16. The monoisotopic (exact) mass is 190 g/mol. The summed E-state index contributed by atoms with van der Waals surface area (Å²) in [4.78, 5) is 11.2. The number of carbonyl (C=O) groups excluding carboxylic acids is 1. The van der Waals surface area contributed by atoms with E-state index in [-0.39, 0.29) is 17.3 Å². The predicted octanol–water partition coefficient (Wildman–Crippen LogP) is 0.806. The fourth-order valence-corrected chi connectivity index (χ4v) is 2.29. The molecule has 0 unspecified atom stereocenters. The van der Waals surface area contributed by atoms with Crippen LogP contribution in [0.15, 0.2) is 0 Å². The van der Waals surface area contributed by atoms with Crippen LogP contribution in [0.4, 0.5) is 0 Å². The van der Waals surface area contributed by atoms with E-state index in [1.54, 1.807) is 6.92 Å². The normalized spacial score (nSPS) is 29.8. The zero-order valence-corrected chi connectivity index (χ0v) is 7.97. The summed E-state index contributed by atoms with van der Waals surface area (Å²) in [6.45, 7) is 2.25. The van der Waals surface area contributed by atoms with Gasteiger partial charge in [-0.05, 0) is 19.8 Å². The molecule has 0 bridgehead atoms. The highest BCUT2D eigenvalue weighted by Crippen LogP contribution is 2.26. The van der Waals surface area contributed by atoms with E-state index in [9.17, 15) is 4.79 Å². The Bertz CT molecular complexity index is 152. The smallest absolute Gasteiger partial charge is 0.319 e. The summed E-state index contributed by atoms with van der Waals surface area (Å²) in [6, 6.07) is 0. The SMILES string of the molecule is CCOC(=O)[C@H]1CC[C@H](O)CS1. The molecule has 1 N–H and O–H groups in total. The van der Waals surface area contributed by atoms with Crippen molar-refractivity contribution in [1.29, 1.82) is 0 Å². The number of aliphatic hydroxyl groups excluding tert-OH is 1. The van der Waals surface area contributed by atoms with Crippen LogP contribution in [0.25, 0.3) is 0 Å². The van der Waals surface area contributed by atoms with Crippen LogP contribution in [0.2, 0.25) is 0 Å². The molecule has 0 spiro atoms. The molecule has 4 heteroatoms. The first-order chi connectivity index (χ1) is 5.74. The van der Waals surface area contributed by atoms with Gasteiger partial charge in [0.1, 0.15) is 5.25 Å². The van der Waals surface area contributed by atoms with Gasteiger partial charge in [-0.25, -0.2) is 0 Å². The molecule has 1 aliphatic rings. The molecule has 3 nitrogen and oxygen atoms in total. The lowest BCUT2D eigenvalue weighted by Gasteiger charge is -2.23. The van der Waals surface area contributed by atoms with Gasteiger partial charge < -0.3 is 9.84 Å². The Morgan fingerprint density at radius 3 is 2.92 bits per heavy atom. The van der Waals surface area contributed by atoms with Crippen molar-refractivity contribution in [1.82, 2.24) is 0 Å². The maximum atomic E-state index is 11.2. The number of aliphatic hydroxyl groups is 1. The minimum atomic E-state index is -0.235. The van der Waals surface area contributed by atoms with Crippen molar-refractivity contribution in [2.75, 3.05) is 12.4 Å². The van der Waals surface area contributed by atoms with Crippen molar-refractivity contribution in [2.24, 2.45) is 0 Å². The lowest BCUT2D eigenvalue weighted by atomic mass is 10.1. The molecule has 0 aromatic carbocycles. The highest BCUT2D eigenvalue weighted by molar-refractivity contribution is 8.00. The third-order valence-corrected chi connectivity index (χ3v) is 3.21. The molecule has 0 aromatic heterocycles. The van der Waals surface area contributed by atoms with Crippen LogP contribution in [0.3, 0.4) is 0 Å². The van der Waals surface area contributed by atoms with Crippen LogP contribution in [0.5, 0.6) is 0 Å². The molecule has 12 heavy (non-hydrogen) atoms. The molecule has 0 saturated carbocycles. The van der Waals surface area contributed by atoms with Crippen molar-refractivity contribution in [3.63, 3.8) is 0 Å². The van der Waals surface area contributed by atoms with Gasteiger partial charge in [0.15, 0.2) is 0 Å².